The van der Waals surface area contributed by atoms with Gasteiger partial charge in [0.05, 0.1) is 0 Å². The Kier molecular flexibility index (Phi) is 3.30. The van der Waals surface area contributed by atoms with Gasteiger partial charge in [-0.05, 0) is 38.0 Å². The lowest BCUT2D eigenvalue weighted by atomic mass is 9.96. The molecule has 0 spiro atoms. The summed E-state index contributed by atoms with van der Waals surface area (Å²) >= 11 is 0. The van der Waals surface area contributed by atoms with Crippen molar-refractivity contribution in [3.05, 3.63) is 23.8 Å². The number of phenolic OH excluding ortho intramolecular Hbond substituents is 1. The van der Waals surface area contributed by atoms with E-state index in [1.807, 2.05) is 13.8 Å². The van der Waals surface area contributed by atoms with Gasteiger partial charge in [0.25, 0.3) is 0 Å². The van der Waals surface area contributed by atoms with E-state index in [2.05, 4.69) is 0 Å². The zero-order chi connectivity index (χ0) is 12.6. The average molecular weight is 243 g/mol. The smallest absolute Gasteiger partial charge is 0.179 e. The second-order valence-corrected chi connectivity index (χ2v) is 6.72. The van der Waals surface area contributed by atoms with Crippen molar-refractivity contribution in [1.29, 1.82) is 0 Å². The van der Waals surface area contributed by atoms with Crippen LogP contribution < -0.4 is 5.73 Å². The van der Waals surface area contributed by atoms with Crippen LogP contribution in [0.3, 0.4) is 0 Å². The minimum absolute atomic E-state index is 0.0499. The average Bonchev–Trinajstić information content (AvgIpc) is 1.97. The number of sulfone groups is 1. The highest BCUT2D eigenvalue weighted by Crippen LogP contribution is 2.25. The Hall–Kier alpha value is -1.07. The fraction of sp³-hybridized carbons (Fsp3) is 0.455. The Bertz CT molecular complexity index is 486. The van der Waals surface area contributed by atoms with Crippen LogP contribution in [0, 0.1) is 0 Å². The summed E-state index contributed by atoms with van der Waals surface area (Å²) in [5.41, 5.74) is 6.27. The molecular weight excluding hydrogens is 226 g/mol. The third-order valence-electron chi connectivity index (χ3n) is 2.08. The van der Waals surface area contributed by atoms with Crippen molar-refractivity contribution >= 4 is 9.84 Å². The monoisotopic (exact) mass is 243 g/mol. The van der Waals surface area contributed by atoms with Crippen LogP contribution in [-0.4, -0.2) is 25.3 Å². The molecule has 1 aromatic rings. The maximum Gasteiger partial charge on any atom is 0.179 e. The fourth-order valence-electron chi connectivity index (χ4n) is 1.51. The van der Waals surface area contributed by atoms with Gasteiger partial charge in [-0.25, -0.2) is 8.42 Å². The zero-order valence-corrected chi connectivity index (χ0v) is 10.5. The van der Waals surface area contributed by atoms with Crippen LogP contribution in [-0.2, 0) is 16.3 Å². The van der Waals surface area contributed by atoms with Crippen molar-refractivity contribution < 1.29 is 13.5 Å². The summed E-state index contributed by atoms with van der Waals surface area (Å²) in [5.74, 6) is -0.218. The number of nitrogens with two attached hydrogens (primary N) is 1. The molecule has 0 aliphatic carbocycles. The third-order valence-corrected chi connectivity index (χ3v) is 3.23. The van der Waals surface area contributed by atoms with Gasteiger partial charge in [-0.2, -0.15) is 0 Å². The highest BCUT2D eigenvalue weighted by Gasteiger charge is 2.16. The van der Waals surface area contributed by atoms with Gasteiger partial charge in [-0.15, -0.1) is 0 Å². The number of aromatic hydroxyl groups is 1. The van der Waals surface area contributed by atoms with Gasteiger partial charge in [0.1, 0.15) is 10.6 Å². The first-order chi connectivity index (χ1) is 7.09. The van der Waals surface area contributed by atoms with E-state index in [1.54, 1.807) is 6.07 Å². The molecule has 0 aliphatic heterocycles. The van der Waals surface area contributed by atoms with Crippen LogP contribution in [0.15, 0.2) is 23.1 Å². The molecule has 0 bridgehead atoms. The van der Waals surface area contributed by atoms with E-state index in [-0.39, 0.29) is 16.2 Å². The van der Waals surface area contributed by atoms with Crippen LogP contribution in [0.4, 0.5) is 0 Å². The van der Waals surface area contributed by atoms with E-state index in [0.717, 1.165) is 11.8 Å². The number of benzene rings is 1. The summed E-state index contributed by atoms with van der Waals surface area (Å²) in [6.45, 7) is 3.74. The van der Waals surface area contributed by atoms with Gasteiger partial charge in [0.15, 0.2) is 9.84 Å². The van der Waals surface area contributed by atoms with E-state index in [0.29, 0.717) is 6.42 Å². The maximum atomic E-state index is 11.3. The molecule has 1 aromatic carbocycles. The molecule has 90 valence electrons. The molecule has 0 radical (unpaired) electrons. The van der Waals surface area contributed by atoms with E-state index in [4.69, 9.17) is 5.73 Å². The molecule has 5 heteroatoms. The zero-order valence-electron chi connectivity index (χ0n) is 9.69. The molecule has 0 aromatic heterocycles. The van der Waals surface area contributed by atoms with Crippen molar-refractivity contribution in [2.24, 2.45) is 5.73 Å². The van der Waals surface area contributed by atoms with Crippen molar-refractivity contribution in [2.75, 3.05) is 6.26 Å². The van der Waals surface area contributed by atoms with Crippen LogP contribution >= 0.6 is 0 Å². The summed E-state index contributed by atoms with van der Waals surface area (Å²) in [6.07, 6.45) is 1.64. The van der Waals surface area contributed by atoms with Gasteiger partial charge in [-0.3, -0.25) is 0 Å². The first-order valence-corrected chi connectivity index (χ1v) is 6.79. The maximum absolute atomic E-state index is 11.3. The normalized spacial score (nSPS) is 12.8. The highest BCUT2D eigenvalue weighted by atomic mass is 32.2. The van der Waals surface area contributed by atoms with Crippen molar-refractivity contribution in [3.8, 4) is 5.75 Å². The quantitative estimate of drug-likeness (QED) is 0.832. The highest BCUT2D eigenvalue weighted by molar-refractivity contribution is 7.90. The van der Waals surface area contributed by atoms with E-state index in [9.17, 15) is 13.5 Å². The number of phenols is 1. The van der Waals surface area contributed by atoms with Gasteiger partial charge >= 0.3 is 0 Å². The number of rotatable bonds is 3. The van der Waals surface area contributed by atoms with E-state index in [1.165, 1.54) is 12.1 Å². The molecule has 0 aliphatic rings. The Balaban J connectivity index is 3.10. The molecule has 0 saturated heterocycles. The van der Waals surface area contributed by atoms with Crippen LogP contribution in [0.25, 0.3) is 0 Å². The molecular formula is C11H17NO3S. The number of hydrogen-bond donors (Lipinski definition) is 2. The Morgan fingerprint density at radius 1 is 1.38 bits per heavy atom. The lowest BCUT2D eigenvalue weighted by Crippen LogP contribution is -2.34. The molecule has 4 nitrogen and oxygen atoms in total. The third kappa shape index (κ3) is 3.50. The molecule has 0 saturated carbocycles. The van der Waals surface area contributed by atoms with Crippen molar-refractivity contribution in [3.63, 3.8) is 0 Å². The summed E-state index contributed by atoms with van der Waals surface area (Å²) in [5, 5.41) is 9.60. The molecule has 16 heavy (non-hydrogen) atoms. The Labute approximate surface area is 96.0 Å². The number of hydrogen-bond acceptors (Lipinski definition) is 4. The predicted octanol–water partition coefficient (Wildman–Crippen LogP) is 1.08. The molecule has 0 heterocycles. The Morgan fingerprint density at radius 2 is 1.94 bits per heavy atom. The fourth-order valence-corrected chi connectivity index (χ4v) is 2.27. The molecule has 1 rings (SSSR count). The largest absolute Gasteiger partial charge is 0.507 e. The SMILES string of the molecule is CC(C)(N)Cc1ccc(S(C)(=O)=O)c(O)c1. The van der Waals surface area contributed by atoms with Gasteiger partial charge in [0.2, 0.25) is 0 Å². The van der Waals surface area contributed by atoms with Crippen LogP contribution in [0.2, 0.25) is 0 Å². The molecule has 3 N–H and O–H groups in total. The first kappa shape index (κ1) is 13.0. The van der Waals surface area contributed by atoms with Crippen LogP contribution in [0.5, 0.6) is 5.75 Å². The summed E-state index contributed by atoms with van der Waals surface area (Å²) in [6, 6.07) is 4.53. The van der Waals surface area contributed by atoms with Crippen LogP contribution in [0.1, 0.15) is 19.4 Å². The Morgan fingerprint density at radius 3 is 2.31 bits per heavy atom. The predicted molar refractivity (Wildman–Crippen MR) is 63.2 cm³/mol. The summed E-state index contributed by atoms with van der Waals surface area (Å²) in [4.78, 5) is -0.0499. The van der Waals surface area contributed by atoms with Gasteiger partial charge in [-0.1, -0.05) is 6.07 Å². The minimum atomic E-state index is -3.38. The molecule has 0 atom stereocenters. The molecule has 0 unspecified atom stereocenters. The van der Waals surface area contributed by atoms with Gasteiger partial charge in [0, 0.05) is 11.8 Å². The second-order valence-electron chi connectivity index (χ2n) is 4.74. The second kappa shape index (κ2) is 4.07. The van der Waals surface area contributed by atoms with E-state index < -0.39 is 9.84 Å². The lowest BCUT2D eigenvalue weighted by molar-refractivity contribution is 0.456. The minimum Gasteiger partial charge on any atom is -0.507 e. The molecule has 0 amide bonds. The van der Waals surface area contributed by atoms with Gasteiger partial charge < -0.3 is 10.8 Å². The van der Waals surface area contributed by atoms with Crippen molar-refractivity contribution in [1.82, 2.24) is 0 Å². The topological polar surface area (TPSA) is 80.4 Å². The first-order valence-electron chi connectivity index (χ1n) is 4.90. The lowest BCUT2D eigenvalue weighted by Gasteiger charge is -2.18. The summed E-state index contributed by atoms with van der Waals surface area (Å²) < 4.78 is 22.5. The standard InChI is InChI=1S/C11H17NO3S/c1-11(2,12)7-8-4-5-10(9(13)6-8)16(3,14)15/h4-6,13H,7,12H2,1-3H3. The van der Waals surface area contributed by atoms with E-state index >= 15 is 0 Å². The summed E-state index contributed by atoms with van der Waals surface area (Å²) in [7, 11) is -3.38. The molecule has 0 fully saturated rings. The van der Waals surface area contributed by atoms with Crippen molar-refractivity contribution in [2.45, 2.75) is 30.7 Å².